The van der Waals surface area contributed by atoms with E-state index in [-0.39, 0.29) is 29.9 Å². The van der Waals surface area contributed by atoms with Crippen molar-refractivity contribution in [1.29, 1.82) is 0 Å². The first kappa shape index (κ1) is 10.5. The SMILES string of the molecule is CC(C)(C)NC(=O)OC1CC2C=CC1O2. The number of nitrogens with one attached hydrogen (secondary N) is 1. The second-order valence-corrected chi connectivity index (χ2v) is 5.08. The molecule has 1 amide bonds. The molecule has 3 atom stereocenters. The molecule has 2 aliphatic heterocycles. The summed E-state index contributed by atoms with van der Waals surface area (Å²) in [5, 5.41) is 2.76. The van der Waals surface area contributed by atoms with Gasteiger partial charge in [0.25, 0.3) is 0 Å². The quantitative estimate of drug-likeness (QED) is 0.670. The van der Waals surface area contributed by atoms with Crippen LogP contribution in [0.3, 0.4) is 0 Å². The van der Waals surface area contributed by atoms with Gasteiger partial charge in [0.2, 0.25) is 0 Å². The molecule has 0 radical (unpaired) electrons. The zero-order chi connectivity index (χ0) is 11.1. The first-order valence-electron chi connectivity index (χ1n) is 5.27. The van der Waals surface area contributed by atoms with Gasteiger partial charge in [-0.25, -0.2) is 4.79 Å². The van der Waals surface area contributed by atoms with Crippen molar-refractivity contribution in [3.8, 4) is 0 Å². The fourth-order valence-electron chi connectivity index (χ4n) is 1.82. The predicted molar refractivity (Wildman–Crippen MR) is 55.6 cm³/mol. The molecule has 15 heavy (non-hydrogen) atoms. The van der Waals surface area contributed by atoms with E-state index >= 15 is 0 Å². The number of amides is 1. The van der Waals surface area contributed by atoms with Crippen LogP contribution in [-0.4, -0.2) is 29.9 Å². The zero-order valence-corrected chi connectivity index (χ0v) is 9.32. The molecule has 0 aromatic heterocycles. The topological polar surface area (TPSA) is 47.6 Å². The molecule has 0 aliphatic carbocycles. The van der Waals surface area contributed by atoms with Gasteiger partial charge in [0, 0.05) is 12.0 Å². The summed E-state index contributed by atoms with van der Waals surface area (Å²) in [7, 11) is 0. The van der Waals surface area contributed by atoms with Gasteiger partial charge in [-0.3, -0.25) is 0 Å². The Hall–Kier alpha value is -1.03. The number of fused-ring (bicyclic) bond motifs is 2. The first-order valence-corrected chi connectivity index (χ1v) is 5.27. The third kappa shape index (κ3) is 2.50. The molecule has 4 nitrogen and oxygen atoms in total. The van der Waals surface area contributed by atoms with Gasteiger partial charge in [-0.15, -0.1) is 0 Å². The Morgan fingerprint density at radius 2 is 2.20 bits per heavy atom. The molecule has 2 heterocycles. The largest absolute Gasteiger partial charge is 0.443 e. The van der Waals surface area contributed by atoms with Crippen molar-refractivity contribution in [3.05, 3.63) is 12.2 Å². The number of rotatable bonds is 1. The summed E-state index contributed by atoms with van der Waals surface area (Å²) in [5.41, 5.74) is -0.259. The Balaban J connectivity index is 1.83. The average Bonchev–Trinajstić information content (AvgIpc) is 2.60. The van der Waals surface area contributed by atoms with Crippen LogP contribution in [0.25, 0.3) is 0 Å². The molecule has 4 heteroatoms. The van der Waals surface area contributed by atoms with Crippen molar-refractivity contribution in [2.24, 2.45) is 0 Å². The zero-order valence-electron chi connectivity index (χ0n) is 9.32. The molecular weight excluding hydrogens is 194 g/mol. The molecule has 0 aromatic carbocycles. The van der Waals surface area contributed by atoms with E-state index in [9.17, 15) is 4.79 Å². The van der Waals surface area contributed by atoms with Crippen molar-refractivity contribution in [3.63, 3.8) is 0 Å². The minimum absolute atomic E-state index is 0.0410. The Morgan fingerprint density at radius 3 is 2.67 bits per heavy atom. The molecule has 2 rings (SSSR count). The average molecular weight is 211 g/mol. The molecule has 0 spiro atoms. The van der Waals surface area contributed by atoms with Gasteiger partial charge in [-0.05, 0) is 20.8 Å². The minimum atomic E-state index is -0.364. The molecule has 84 valence electrons. The van der Waals surface area contributed by atoms with Gasteiger partial charge in [-0.1, -0.05) is 12.2 Å². The van der Waals surface area contributed by atoms with E-state index < -0.39 is 0 Å². The molecule has 1 N–H and O–H groups in total. The fourth-order valence-corrected chi connectivity index (χ4v) is 1.82. The number of carbonyl (C=O) groups excluding carboxylic acids is 1. The second-order valence-electron chi connectivity index (χ2n) is 5.08. The number of alkyl carbamates (subject to hydrolysis) is 1. The van der Waals surface area contributed by atoms with Crippen molar-refractivity contribution in [2.45, 2.75) is 51.0 Å². The van der Waals surface area contributed by atoms with Crippen LogP contribution in [0.1, 0.15) is 27.2 Å². The lowest BCUT2D eigenvalue weighted by Crippen LogP contribution is -2.43. The summed E-state index contributed by atoms with van der Waals surface area (Å²) in [5.74, 6) is 0. The highest BCUT2D eigenvalue weighted by Crippen LogP contribution is 2.30. The molecule has 1 fully saturated rings. The maximum absolute atomic E-state index is 11.5. The Labute approximate surface area is 89.6 Å². The van der Waals surface area contributed by atoms with Gasteiger partial charge in [-0.2, -0.15) is 0 Å². The maximum atomic E-state index is 11.5. The van der Waals surface area contributed by atoms with Crippen LogP contribution in [0, 0.1) is 0 Å². The minimum Gasteiger partial charge on any atom is -0.443 e. The van der Waals surface area contributed by atoms with Gasteiger partial charge < -0.3 is 14.8 Å². The molecular formula is C11H17NO3. The molecule has 0 aromatic rings. The summed E-state index contributed by atoms with van der Waals surface area (Å²) in [6, 6.07) is 0. The molecule has 1 saturated heterocycles. The molecule has 2 aliphatic rings. The van der Waals surface area contributed by atoms with Crippen LogP contribution < -0.4 is 5.32 Å². The highest BCUT2D eigenvalue weighted by atomic mass is 16.6. The van der Waals surface area contributed by atoms with Crippen LogP contribution in [0.15, 0.2) is 12.2 Å². The van der Waals surface area contributed by atoms with Gasteiger partial charge >= 0.3 is 6.09 Å². The second kappa shape index (κ2) is 3.52. The highest BCUT2D eigenvalue weighted by Gasteiger charge is 2.39. The number of hydrogen-bond donors (Lipinski definition) is 1. The Morgan fingerprint density at radius 1 is 1.47 bits per heavy atom. The van der Waals surface area contributed by atoms with Crippen LogP contribution in [0.4, 0.5) is 4.79 Å². The summed E-state index contributed by atoms with van der Waals surface area (Å²) >= 11 is 0. The van der Waals surface area contributed by atoms with E-state index in [0.29, 0.717) is 0 Å². The van der Waals surface area contributed by atoms with Crippen LogP contribution in [0.5, 0.6) is 0 Å². The molecule has 0 saturated carbocycles. The van der Waals surface area contributed by atoms with Crippen molar-refractivity contribution in [1.82, 2.24) is 5.32 Å². The predicted octanol–water partition coefficient (Wildman–Crippen LogP) is 1.61. The maximum Gasteiger partial charge on any atom is 0.407 e. The first-order chi connectivity index (χ1) is 6.94. The van der Waals surface area contributed by atoms with Crippen molar-refractivity contribution in [2.75, 3.05) is 0 Å². The van der Waals surface area contributed by atoms with E-state index in [2.05, 4.69) is 5.32 Å². The fraction of sp³-hybridized carbons (Fsp3) is 0.727. The highest BCUT2D eigenvalue weighted by molar-refractivity contribution is 5.68. The Kier molecular flexibility index (Phi) is 2.46. The van der Waals surface area contributed by atoms with Crippen molar-refractivity contribution >= 4 is 6.09 Å². The normalized spacial score (nSPS) is 33.1. The lowest BCUT2D eigenvalue weighted by atomic mass is 10.1. The van der Waals surface area contributed by atoms with Gasteiger partial charge in [0.15, 0.2) is 0 Å². The standard InChI is InChI=1S/C11H17NO3/c1-11(2,3)12-10(13)15-9-6-7-4-5-8(9)14-7/h4-5,7-9H,6H2,1-3H3,(H,12,13). The summed E-state index contributed by atoms with van der Waals surface area (Å²) < 4.78 is 10.8. The third-order valence-corrected chi connectivity index (χ3v) is 2.41. The van der Waals surface area contributed by atoms with Crippen LogP contribution in [0.2, 0.25) is 0 Å². The Bertz CT molecular complexity index is 293. The lowest BCUT2D eigenvalue weighted by molar-refractivity contribution is 0.0462. The number of hydrogen-bond acceptors (Lipinski definition) is 3. The van der Waals surface area contributed by atoms with Crippen LogP contribution in [-0.2, 0) is 9.47 Å². The van der Waals surface area contributed by atoms with E-state index in [1.807, 2.05) is 32.9 Å². The van der Waals surface area contributed by atoms with Crippen LogP contribution >= 0.6 is 0 Å². The van der Waals surface area contributed by atoms with Gasteiger partial charge in [0.1, 0.15) is 12.2 Å². The molecule has 2 bridgehead atoms. The van der Waals surface area contributed by atoms with E-state index in [0.717, 1.165) is 6.42 Å². The van der Waals surface area contributed by atoms with E-state index in [1.165, 1.54) is 0 Å². The van der Waals surface area contributed by atoms with Gasteiger partial charge in [0.05, 0.1) is 6.10 Å². The summed E-state index contributed by atoms with van der Waals surface area (Å²) in [6.07, 6.45) is 4.37. The smallest absolute Gasteiger partial charge is 0.407 e. The third-order valence-electron chi connectivity index (χ3n) is 2.41. The monoisotopic (exact) mass is 211 g/mol. The van der Waals surface area contributed by atoms with E-state index in [4.69, 9.17) is 9.47 Å². The molecule has 3 unspecified atom stereocenters. The lowest BCUT2D eigenvalue weighted by Gasteiger charge is -2.23. The number of carbonyl (C=O) groups is 1. The summed E-state index contributed by atoms with van der Waals surface area (Å²) in [6.45, 7) is 5.77. The van der Waals surface area contributed by atoms with Crippen molar-refractivity contribution < 1.29 is 14.3 Å². The summed E-state index contributed by atoms with van der Waals surface area (Å²) in [4.78, 5) is 11.5. The number of ether oxygens (including phenoxy) is 2. The van der Waals surface area contributed by atoms with E-state index in [1.54, 1.807) is 0 Å².